The lowest BCUT2D eigenvalue weighted by Gasteiger charge is -2.12. The van der Waals surface area contributed by atoms with E-state index in [9.17, 15) is 9.18 Å². The van der Waals surface area contributed by atoms with Crippen molar-refractivity contribution in [3.05, 3.63) is 41.4 Å². The van der Waals surface area contributed by atoms with E-state index in [-0.39, 0.29) is 12.5 Å². The average molecular weight is 276 g/mol. The summed E-state index contributed by atoms with van der Waals surface area (Å²) >= 11 is 1.36. The Morgan fingerprint density at radius 2 is 2.16 bits per heavy atom. The van der Waals surface area contributed by atoms with Crippen molar-refractivity contribution >= 4 is 17.2 Å². The number of thiazole rings is 1. The molecule has 1 aromatic carbocycles. The molecule has 0 radical (unpaired) electrons. The Morgan fingerprint density at radius 3 is 2.84 bits per heavy atom. The molecular formula is C14H13FN2OS. The summed E-state index contributed by atoms with van der Waals surface area (Å²) in [7, 11) is 0. The number of likely N-dealkylation sites (tertiary alicyclic amines) is 1. The molecule has 98 valence electrons. The average Bonchev–Trinajstić information content (AvgIpc) is 3.08. The Kier molecular flexibility index (Phi) is 3.29. The van der Waals surface area contributed by atoms with Gasteiger partial charge in [-0.25, -0.2) is 9.37 Å². The molecule has 0 unspecified atom stereocenters. The molecule has 5 heteroatoms. The van der Waals surface area contributed by atoms with Crippen LogP contribution in [0.2, 0.25) is 0 Å². The predicted octanol–water partition coefficient (Wildman–Crippen LogP) is 2.99. The zero-order valence-electron chi connectivity index (χ0n) is 10.3. The summed E-state index contributed by atoms with van der Waals surface area (Å²) in [6, 6.07) is 9.73. The number of aromatic nitrogens is 1. The largest absolute Gasteiger partial charge is 0.335 e. The standard InChI is InChI=1S/C14H13FN2OS/c15-11-6-7-17(9-11)14(18)12-8-16-13(19-12)10-4-2-1-3-5-10/h1-5,8,11H,6-7,9H2/t11-/m0/s1. The van der Waals surface area contributed by atoms with E-state index in [1.54, 1.807) is 11.1 Å². The highest BCUT2D eigenvalue weighted by Crippen LogP contribution is 2.26. The molecule has 2 heterocycles. The molecule has 19 heavy (non-hydrogen) atoms. The van der Waals surface area contributed by atoms with Gasteiger partial charge in [0.1, 0.15) is 16.1 Å². The third-order valence-electron chi connectivity index (χ3n) is 3.16. The van der Waals surface area contributed by atoms with Gasteiger partial charge < -0.3 is 4.90 Å². The fourth-order valence-electron chi connectivity index (χ4n) is 2.15. The maximum absolute atomic E-state index is 13.1. The fraction of sp³-hybridized carbons (Fsp3) is 0.286. The summed E-state index contributed by atoms with van der Waals surface area (Å²) in [5, 5.41) is 0.819. The molecule has 1 saturated heterocycles. The number of halogens is 1. The second-order valence-corrected chi connectivity index (χ2v) is 5.56. The summed E-state index contributed by atoms with van der Waals surface area (Å²) in [5.74, 6) is -0.111. The minimum atomic E-state index is -0.884. The molecule has 1 fully saturated rings. The molecule has 0 N–H and O–H groups in total. The number of carbonyl (C=O) groups excluding carboxylic acids is 1. The molecule has 1 atom stereocenters. The van der Waals surface area contributed by atoms with E-state index in [1.165, 1.54) is 11.3 Å². The van der Waals surface area contributed by atoms with Crippen LogP contribution in [0.3, 0.4) is 0 Å². The van der Waals surface area contributed by atoms with Gasteiger partial charge in [-0.1, -0.05) is 30.3 Å². The third kappa shape index (κ3) is 2.51. The van der Waals surface area contributed by atoms with E-state index in [0.717, 1.165) is 10.6 Å². The highest BCUT2D eigenvalue weighted by molar-refractivity contribution is 7.16. The lowest BCUT2D eigenvalue weighted by Crippen LogP contribution is -2.28. The summed E-state index contributed by atoms with van der Waals surface area (Å²) in [6.45, 7) is 0.704. The van der Waals surface area contributed by atoms with Gasteiger partial charge in [-0.2, -0.15) is 0 Å². The summed E-state index contributed by atoms with van der Waals surface area (Å²) in [5.41, 5.74) is 0.997. The van der Waals surface area contributed by atoms with Crippen molar-refractivity contribution in [1.29, 1.82) is 0 Å². The molecule has 1 aromatic heterocycles. The van der Waals surface area contributed by atoms with Crippen molar-refractivity contribution < 1.29 is 9.18 Å². The van der Waals surface area contributed by atoms with Crippen LogP contribution in [0.4, 0.5) is 4.39 Å². The topological polar surface area (TPSA) is 33.2 Å². The first-order chi connectivity index (χ1) is 9.24. The van der Waals surface area contributed by atoms with Gasteiger partial charge in [0.15, 0.2) is 0 Å². The SMILES string of the molecule is O=C(c1cnc(-c2ccccc2)s1)N1CC[C@H](F)C1. The first-order valence-corrected chi connectivity index (χ1v) is 7.00. The second-order valence-electron chi connectivity index (χ2n) is 4.53. The number of hydrogen-bond donors (Lipinski definition) is 0. The van der Waals surface area contributed by atoms with Gasteiger partial charge >= 0.3 is 0 Å². The first kappa shape index (κ1) is 12.3. The van der Waals surface area contributed by atoms with Gasteiger partial charge in [-0.15, -0.1) is 11.3 Å². The van der Waals surface area contributed by atoms with E-state index in [2.05, 4.69) is 4.98 Å². The number of carbonyl (C=O) groups is 1. The predicted molar refractivity (Wildman–Crippen MR) is 73.0 cm³/mol. The van der Waals surface area contributed by atoms with Gasteiger partial charge in [-0.05, 0) is 6.42 Å². The third-order valence-corrected chi connectivity index (χ3v) is 4.19. The van der Waals surface area contributed by atoms with E-state index < -0.39 is 6.17 Å². The molecule has 0 spiro atoms. The number of amides is 1. The maximum atomic E-state index is 13.1. The van der Waals surface area contributed by atoms with Crippen molar-refractivity contribution in [2.75, 3.05) is 13.1 Å². The first-order valence-electron chi connectivity index (χ1n) is 6.18. The summed E-state index contributed by atoms with van der Waals surface area (Å²) in [6.07, 6.45) is 1.14. The molecule has 0 bridgehead atoms. The van der Waals surface area contributed by atoms with Crippen molar-refractivity contribution in [1.82, 2.24) is 9.88 Å². The molecule has 0 saturated carbocycles. The number of benzene rings is 1. The minimum Gasteiger partial charge on any atom is -0.335 e. The molecule has 0 aliphatic carbocycles. The lowest BCUT2D eigenvalue weighted by molar-refractivity contribution is 0.0787. The number of rotatable bonds is 2. The van der Waals surface area contributed by atoms with Gasteiger partial charge in [0.2, 0.25) is 0 Å². The van der Waals surface area contributed by atoms with Gasteiger partial charge in [0.25, 0.3) is 5.91 Å². The maximum Gasteiger partial charge on any atom is 0.265 e. The molecule has 2 aromatic rings. The quantitative estimate of drug-likeness (QED) is 0.845. The van der Waals surface area contributed by atoms with E-state index in [0.29, 0.717) is 17.8 Å². The Morgan fingerprint density at radius 1 is 1.37 bits per heavy atom. The van der Waals surface area contributed by atoms with Gasteiger partial charge in [-0.3, -0.25) is 4.79 Å². The van der Waals surface area contributed by atoms with Crippen LogP contribution in [0.25, 0.3) is 10.6 Å². The Hall–Kier alpha value is -1.75. The molecule has 1 aliphatic heterocycles. The lowest BCUT2D eigenvalue weighted by atomic mass is 10.2. The van der Waals surface area contributed by atoms with Crippen molar-refractivity contribution in [2.24, 2.45) is 0 Å². The van der Waals surface area contributed by atoms with Crippen LogP contribution in [0.1, 0.15) is 16.1 Å². The fourth-order valence-corrected chi connectivity index (χ4v) is 3.03. The van der Waals surface area contributed by atoms with Gasteiger partial charge in [0.05, 0.1) is 12.7 Å². The van der Waals surface area contributed by atoms with Gasteiger partial charge in [0, 0.05) is 12.1 Å². The van der Waals surface area contributed by atoms with Crippen LogP contribution in [-0.2, 0) is 0 Å². The molecule has 1 aliphatic rings. The van der Waals surface area contributed by atoms with Crippen LogP contribution >= 0.6 is 11.3 Å². The monoisotopic (exact) mass is 276 g/mol. The minimum absolute atomic E-state index is 0.111. The van der Waals surface area contributed by atoms with Crippen molar-refractivity contribution in [3.8, 4) is 10.6 Å². The van der Waals surface area contributed by atoms with Crippen LogP contribution < -0.4 is 0 Å². The molecule has 1 amide bonds. The number of hydrogen-bond acceptors (Lipinski definition) is 3. The van der Waals surface area contributed by atoms with E-state index in [1.807, 2.05) is 30.3 Å². The zero-order chi connectivity index (χ0) is 13.2. The Labute approximate surface area is 114 Å². The smallest absolute Gasteiger partial charge is 0.265 e. The van der Waals surface area contributed by atoms with Crippen molar-refractivity contribution in [3.63, 3.8) is 0 Å². The highest BCUT2D eigenvalue weighted by atomic mass is 32.1. The van der Waals surface area contributed by atoms with Crippen LogP contribution in [0, 0.1) is 0 Å². The Bertz CT molecular complexity index is 584. The molecular weight excluding hydrogens is 263 g/mol. The van der Waals surface area contributed by atoms with E-state index >= 15 is 0 Å². The van der Waals surface area contributed by atoms with Crippen LogP contribution in [-0.4, -0.2) is 35.1 Å². The second kappa shape index (κ2) is 5.09. The summed E-state index contributed by atoms with van der Waals surface area (Å²) in [4.78, 5) is 18.6. The number of nitrogens with zero attached hydrogens (tertiary/aromatic N) is 2. The Balaban J connectivity index is 1.80. The van der Waals surface area contributed by atoms with Crippen LogP contribution in [0.5, 0.6) is 0 Å². The number of alkyl halides is 1. The molecule has 3 rings (SSSR count). The van der Waals surface area contributed by atoms with Crippen molar-refractivity contribution in [2.45, 2.75) is 12.6 Å². The van der Waals surface area contributed by atoms with E-state index in [4.69, 9.17) is 0 Å². The highest BCUT2D eigenvalue weighted by Gasteiger charge is 2.27. The normalized spacial score (nSPS) is 18.8. The zero-order valence-corrected chi connectivity index (χ0v) is 11.1. The van der Waals surface area contributed by atoms with Crippen LogP contribution in [0.15, 0.2) is 36.5 Å². The summed E-state index contributed by atoms with van der Waals surface area (Å²) < 4.78 is 13.1. The molecule has 3 nitrogen and oxygen atoms in total.